The van der Waals surface area contributed by atoms with Crippen molar-refractivity contribution in [1.82, 2.24) is 4.90 Å². The summed E-state index contributed by atoms with van der Waals surface area (Å²) < 4.78 is 10.5. The number of hydrogen-bond acceptors (Lipinski definition) is 4. The third-order valence-corrected chi connectivity index (χ3v) is 2.81. The Hall–Kier alpha value is -1.82. The molecule has 1 unspecified atom stereocenters. The van der Waals surface area contributed by atoms with E-state index in [1.807, 2.05) is 0 Å². The van der Waals surface area contributed by atoms with Crippen LogP contribution in [0.15, 0.2) is 22.8 Å². The summed E-state index contributed by atoms with van der Waals surface area (Å²) in [5.41, 5.74) is 0. The average Bonchev–Trinajstić information content (AvgIpc) is 2.83. The molecule has 2 rings (SSSR count). The van der Waals surface area contributed by atoms with Gasteiger partial charge < -0.3 is 19.2 Å². The molecule has 1 aliphatic heterocycles. The molecule has 0 spiro atoms. The Morgan fingerprint density at radius 1 is 1.56 bits per heavy atom. The molecule has 0 radical (unpaired) electrons. The van der Waals surface area contributed by atoms with Gasteiger partial charge in [-0.05, 0) is 18.6 Å². The van der Waals surface area contributed by atoms with E-state index in [4.69, 9.17) is 14.3 Å². The van der Waals surface area contributed by atoms with Crippen LogP contribution in [0.25, 0.3) is 0 Å². The number of furan rings is 1. The Morgan fingerprint density at radius 3 is 3.06 bits per heavy atom. The number of carboxylic acids is 1. The molecule has 0 aliphatic carbocycles. The third-order valence-electron chi connectivity index (χ3n) is 2.81. The number of carbonyl (C=O) groups excluding carboxylic acids is 1. The Bertz CT molecular complexity index is 414. The standard InChI is InChI=1S/C12H15NO5/c14-11(15)4-3-10-12(16)13(5-7-18-10)8-9-2-1-6-17-9/h1-2,6,10H,3-5,7-8H2,(H,14,15). The van der Waals surface area contributed by atoms with Crippen molar-refractivity contribution in [3.05, 3.63) is 24.2 Å². The number of rotatable bonds is 5. The number of nitrogens with zero attached hydrogens (tertiary/aromatic N) is 1. The summed E-state index contributed by atoms with van der Waals surface area (Å²) in [6.45, 7) is 1.33. The van der Waals surface area contributed by atoms with E-state index in [1.54, 1.807) is 23.3 Å². The largest absolute Gasteiger partial charge is 0.481 e. The molecule has 1 aromatic heterocycles. The molecule has 1 saturated heterocycles. The highest BCUT2D eigenvalue weighted by molar-refractivity contribution is 5.82. The predicted molar refractivity (Wildman–Crippen MR) is 60.7 cm³/mol. The Morgan fingerprint density at radius 2 is 2.39 bits per heavy atom. The minimum atomic E-state index is -0.922. The van der Waals surface area contributed by atoms with Gasteiger partial charge in [0, 0.05) is 13.0 Å². The lowest BCUT2D eigenvalue weighted by Gasteiger charge is -2.31. The van der Waals surface area contributed by atoms with E-state index >= 15 is 0 Å². The maximum atomic E-state index is 12.0. The minimum absolute atomic E-state index is 0.0645. The lowest BCUT2D eigenvalue weighted by atomic mass is 10.1. The van der Waals surface area contributed by atoms with Gasteiger partial charge in [-0.15, -0.1) is 0 Å². The first-order chi connectivity index (χ1) is 8.66. The maximum absolute atomic E-state index is 12.0. The van der Waals surface area contributed by atoms with E-state index in [9.17, 15) is 9.59 Å². The van der Waals surface area contributed by atoms with E-state index in [2.05, 4.69) is 0 Å². The number of carbonyl (C=O) groups is 2. The monoisotopic (exact) mass is 253 g/mol. The molecule has 1 aliphatic rings. The second-order valence-electron chi connectivity index (χ2n) is 4.13. The van der Waals surface area contributed by atoms with Crippen molar-refractivity contribution in [3.8, 4) is 0 Å². The summed E-state index contributed by atoms with van der Waals surface area (Å²) in [7, 11) is 0. The normalized spacial score (nSPS) is 20.1. The van der Waals surface area contributed by atoms with E-state index < -0.39 is 12.1 Å². The second kappa shape index (κ2) is 5.68. The van der Waals surface area contributed by atoms with Gasteiger partial charge in [0.1, 0.15) is 11.9 Å². The van der Waals surface area contributed by atoms with Crippen LogP contribution >= 0.6 is 0 Å². The molecule has 0 aromatic carbocycles. The van der Waals surface area contributed by atoms with Gasteiger partial charge in [0.2, 0.25) is 0 Å². The van der Waals surface area contributed by atoms with Crippen LogP contribution in [0.5, 0.6) is 0 Å². The number of amides is 1. The third kappa shape index (κ3) is 3.10. The van der Waals surface area contributed by atoms with Crippen LogP contribution in [0, 0.1) is 0 Å². The van der Waals surface area contributed by atoms with Gasteiger partial charge in [0.15, 0.2) is 0 Å². The van der Waals surface area contributed by atoms with Crippen LogP contribution in [0.4, 0.5) is 0 Å². The van der Waals surface area contributed by atoms with Crippen molar-refractivity contribution in [2.24, 2.45) is 0 Å². The molecule has 1 N–H and O–H groups in total. The lowest BCUT2D eigenvalue weighted by molar-refractivity contribution is -0.155. The molecule has 6 heteroatoms. The summed E-state index contributed by atoms with van der Waals surface area (Å²) in [5, 5.41) is 8.61. The molecule has 18 heavy (non-hydrogen) atoms. The first kappa shape index (κ1) is 12.6. The predicted octanol–water partition coefficient (Wildman–Crippen LogP) is 0.872. The topological polar surface area (TPSA) is 80.0 Å². The van der Waals surface area contributed by atoms with Gasteiger partial charge >= 0.3 is 5.97 Å². The second-order valence-corrected chi connectivity index (χ2v) is 4.13. The quantitative estimate of drug-likeness (QED) is 0.842. The lowest BCUT2D eigenvalue weighted by Crippen LogP contribution is -2.47. The Balaban J connectivity index is 1.92. The highest BCUT2D eigenvalue weighted by Gasteiger charge is 2.30. The average molecular weight is 253 g/mol. The van der Waals surface area contributed by atoms with Gasteiger partial charge in [0.25, 0.3) is 5.91 Å². The summed E-state index contributed by atoms with van der Waals surface area (Å²) in [6.07, 6.45) is 1.06. The van der Waals surface area contributed by atoms with Gasteiger partial charge in [-0.2, -0.15) is 0 Å². The summed E-state index contributed by atoms with van der Waals surface area (Å²) >= 11 is 0. The maximum Gasteiger partial charge on any atom is 0.303 e. The zero-order valence-corrected chi connectivity index (χ0v) is 9.87. The first-order valence-corrected chi connectivity index (χ1v) is 5.81. The summed E-state index contributed by atoms with van der Waals surface area (Å²) in [4.78, 5) is 24.2. The van der Waals surface area contributed by atoms with Crippen molar-refractivity contribution in [2.45, 2.75) is 25.5 Å². The highest BCUT2D eigenvalue weighted by atomic mass is 16.5. The molecule has 1 fully saturated rings. The molecule has 0 saturated carbocycles. The zero-order chi connectivity index (χ0) is 13.0. The molecule has 1 atom stereocenters. The van der Waals surface area contributed by atoms with E-state index in [1.165, 1.54) is 0 Å². The Labute approximate surface area is 104 Å². The van der Waals surface area contributed by atoms with E-state index in [0.29, 0.717) is 25.5 Å². The van der Waals surface area contributed by atoms with Gasteiger partial charge in [-0.1, -0.05) is 0 Å². The van der Waals surface area contributed by atoms with Crippen LogP contribution in [-0.4, -0.2) is 41.1 Å². The van der Waals surface area contributed by atoms with Crippen LogP contribution < -0.4 is 0 Å². The van der Waals surface area contributed by atoms with E-state index in [0.717, 1.165) is 0 Å². The fourth-order valence-corrected chi connectivity index (χ4v) is 1.90. The van der Waals surface area contributed by atoms with Crippen molar-refractivity contribution in [1.29, 1.82) is 0 Å². The fourth-order valence-electron chi connectivity index (χ4n) is 1.90. The molecule has 98 valence electrons. The zero-order valence-electron chi connectivity index (χ0n) is 9.87. The van der Waals surface area contributed by atoms with E-state index in [-0.39, 0.29) is 18.7 Å². The van der Waals surface area contributed by atoms with Crippen molar-refractivity contribution >= 4 is 11.9 Å². The van der Waals surface area contributed by atoms with Gasteiger partial charge in [0.05, 0.1) is 19.4 Å². The summed E-state index contributed by atoms with van der Waals surface area (Å²) in [5.74, 6) is -0.379. The number of aliphatic carboxylic acids is 1. The number of ether oxygens (including phenoxy) is 1. The number of hydrogen-bond donors (Lipinski definition) is 1. The highest BCUT2D eigenvalue weighted by Crippen LogP contribution is 2.15. The molecule has 1 amide bonds. The van der Waals surface area contributed by atoms with Crippen LogP contribution in [-0.2, 0) is 20.9 Å². The van der Waals surface area contributed by atoms with Crippen molar-refractivity contribution in [3.63, 3.8) is 0 Å². The number of morpholine rings is 1. The molecular formula is C12H15NO5. The first-order valence-electron chi connectivity index (χ1n) is 5.81. The number of carboxylic acid groups (broad SMARTS) is 1. The molecule has 1 aromatic rings. The van der Waals surface area contributed by atoms with Crippen LogP contribution in [0.1, 0.15) is 18.6 Å². The minimum Gasteiger partial charge on any atom is -0.481 e. The van der Waals surface area contributed by atoms with Crippen LogP contribution in [0.2, 0.25) is 0 Å². The van der Waals surface area contributed by atoms with Crippen molar-refractivity contribution in [2.75, 3.05) is 13.2 Å². The van der Waals surface area contributed by atoms with Crippen molar-refractivity contribution < 1.29 is 23.8 Å². The van der Waals surface area contributed by atoms with Gasteiger partial charge in [-0.3, -0.25) is 9.59 Å². The SMILES string of the molecule is O=C(O)CCC1OCCN(Cc2ccco2)C1=O. The fraction of sp³-hybridized carbons (Fsp3) is 0.500. The summed E-state index contributed by atoms with van der Waals surface area (Å²) in [6, 6.07) is 3.57. The molecule has 2 heterocycles. The molecular weight excluding hydrogens is 238 g/mol. The smallest absolute Gasteiger partial charge is 0.303 e. The van der Waals surface area contributed by atoms with Crippen LogP contribution in [0.3, 0.4) is 0 Å². The van der Waals surface area contributed by atoms with Gasteiger partial charge in [-0.25, -0.2) is 0 Å². The molecule has 0 bridgehead atoms. The molecule has 6 nitrogen and oxygen atoms in total. The Kier molecular flexibility index (Phi) is 3.99.